The average molecular weight is 324 g/mol. The minimum absolute atomic E-state index is 0.0879. The zero-order valence-electron chi connectivity index (χ0n) is 14.0. The maximum atomic E-state index is 13.1. The Hall–Kier alpha value is -2.10. The summed E-state index contributed by atoms with van der Waals surface area (Å²) in [4.78, 5) is 30.9. The Kier molecular flexibility index (Phi) is 4.13. The second-order valence-corrected chi connectivity index (χ2v) is 7.18. The number of nitrogens with zero attached hydrogens (tertiary/aromatic N) is 1. The zero-order valence-corrected chi connectivity index (χ0v) is 14.0. The number of amides is 1. The van der Waals surface area contributed by atoms with Crippen LogP contribution in [0.4, 0.5) is 0 Å². The topological polar surface area (TPSA) is 53.2 Å². The molecule has 0 radical (unpaired) electrons. The van der Waals surface area contributed by atoms with Gasteiger partial charge in [0.1, 0.15) is 5.56 Å². The van der Waals surface area contributed by atoms with Crippen LogP contribution in [0, 0.1) is 5.92 Å². The SMILES string of the molecule is O=C(c1c[nH]c2ccccc2c1=O)N1CCC[C@@H]1C1CCCCC1. The zero-order chi connectivity index (χ0) is 16.5. The van der Waals surface area contributed by atoms with Crippen LogP contribution in [0.25, 0.3) is 10.9 Å². The summed E-state index contributed by atoms with van der Waals surface area (Å²) in [5.41, 5.74) is 0.921. The van der Waals surface area contributed by atoms with E-state index in [2.05, 4.69) is 4.98 Å². The molecule has 4 rings (SSSR count). The number of rotatable bonds is 2. The summed E-state index contributed by atoms with van der Waals surface area (Å²) in [6.45, 7) is 0.784. The van der Waals surface area contributed by atoms with E-state index in [1.807, 2.05) is 23.1 Å². The van der Waals surface area contributed by atoms with Gasteiger partial charge in [0, 0.05) is 29.7 Å². The second-order valence-electron chi connectivity index (χ2n) is 7.18. The Labute approximate surface area is 141 Å². The van der Waals surface area contributed by atoms with Gasteiger partial charge in [-0.15, -0.1) is 0 Å². The van der Waals surface area contributed by atoms with Gasteiger partial charge < -0.3 is 9.88 Å². The van der Waals surface area contributed by atoms with Gasteiger partial charge in [-0.1, -0.05) is 31.4 Å². The number of likely N-dealkylation sites (tertiary alicyclic amines) is 1. The first-order chi connectivity index (χ1) is 11.8. The summed E-state index contributed by atoms with van der Waals surface area (Å²) < 4.78 is 0. The van der Waals surface area contributed by atoms with Gasteiger partial charge in [0.05, 0.1) is 0 Å². The Bertz CT molecular complexity index is 805. The van der Waals surface area contributed by atoms with Crippen LogP contribution < -0.4 is 5.43 Å². The first kappa shape index (κ1) is 15.4. The summed E-state index contributed by atoms with van der Waals surface area (Å²) in [6.07, 6.45) is 10.1. The van der Waals surface area contributed by atoms with Gasteiger partial charge in [-0.25, -0.2) is 0 Å². The van der Waals surface area contributed by atoms with Crippen LogP contribution in [0.15, 0.2) is 35.3 Å². The summed E-state index contributed by atoms with van der Waals surface area (Å²) in [5, 5.41) is 0.594. The number of H-pyrrole nitrogens is 1. The lowest BCUT2D eigenvalue weighted by atomic mass is 9.83. The summed E-state index contributed by atoms with van der Waals surface area (Å²) in [5.74, 6) is 0.528. The maximum absolute atomic E-state index is 13.1. The number of hydrogen-bond donors (Lipinski definition) is 1. The van der Waals surface area contributed by atoms with Gasteiger partial charge in [-0.05, 0) is 43.7 Å². The van der Waals surface area contributed by atoms with E-state index in [0.29, 0.717) is 17.3 Å². The van der Waals surface area contributed by atoms with E-state index in [9.17, 15) is 9.59 Å². The maximum Gasteiger partial charge on any atom is 0.259 e. The minimum Gasteiger partial charge on any atom is -0.360 e. The van der Waals surface area contributed by atoms with Crippen molar-refractivity contribution in [1.82, 2.24) is 9.88 Å². The van der Waals surface area contributed by atoms with Crippen LogP contribution in [-0.4, -0.2) is 28.4 Å². The average Bonchev–Trinajstić information content (AvgIpc) is 3.12. The number of benzene rings is 1. The first-order valence-corrected chi connectivity index (χ1v) is 9.17. The van der Waals surface area contributed by atoms with Crippen LogP contribution >= 0.6 is 0 Å². The van der Waals surface area contributed by atoms with E-state index in [1.54, 1.807) is 12.3 Å². The van der Waals surface area contributed by atoms with E-state index < -0.39 is 0 Å². The molecule has 0 unspecified atom stereocenters. The summed E-state index contributed by atoms with van der Waals surface area (Å²) >= 11 is 0. The number of carbonyl (C=O) groups excluding carboxylic acids is 1. The van der Waals surface area contributed by atoms with Crippen LogP contribution in [0.3, 0.4) is 0 Å². The number of aromatic amines is 1. The molecule has 1 aromatic heterocycles. The quantitative estimate of drug-likeness (QED) is 0.915. The molecule has 1 atom stereocenters. The van der Waals surface area contributed by atoms with Crippen molar-refractivity contribution in [3.8, 4) is 0 Å². The van der Waals surface area contributed by atoms with Crippen molar-refractivity contribution in [2.24, 2.45) is 5.92 Å². The molecule has 2 heterocycles. The number of fused-ring (bicyclic) bond motifs is 1. The van der Waals surface area contributed by atoms with Crippen molar-refractivity contribution in [3.05, 3.63) is 46.2 Å². The Morgan fingerprint density at radius 2 is 1.83 bits per heavy atom. The van der Waals surface area contributed by atoms with Crippen molar-refractivity contribution in [2.45, 2.75) is 51.0 Å². The van der Waals surface area contributed by atoms with Crippen molar-refractivity contribution < 1.29 is 4.79 Å². The Balaban J connectivity index is 1.65. The molecule has 1 saturated heterocycles. The highest BCUT2D eigenvalue weighted by Gasteiger charge is 2.36. The Morgan fingerprint density at radius 3 is 2.67 bits per heavy atom. The second kappa shape index (κ2) is 6.42. The molecule has 2 aromatic rings. The molecule has 1 aromatic carbocycles. The smallest absolute Gasteiger partial charge is 0.259 e. The van der Waals surface area contributed by atoms with Gasteiger partial charge in [-0.2, -0.15) is 0 Å². The fraction of sp³-hybridized carbons (Fsp3) is 0.500. The molecule has 2 aliphatic rings. The van der Waals surface area contributed by atoms with Crippen molar-refractivity contribution in [2.75, 3.05) is 6.54 Å². The van der Waals surface area contributed by atoms with Crippen LogP contribution in [-0.2, 0) is 0 Å². The van der Waals surface area contributed by atoms with E-state index in [-0.39, 0.29) is 16.9 Å². The molecular weight excluding hydrogens is 300 g/mol. The number of aromatic nitrogens is 1. The molecule has 0 bridgehead atoms. The van der Waals surface area contributed by atoms with Gasteiger partial charge in [-0.3, -0.25) is 9.59 Å². The Morgan fingerprint density at radius 1 is 1.04 bits per heavy atom. The standard InChI is InChI=1S/C20H24N2O2/c23-19-15-9-4-5-10-17(15)21-13-16(19)20(24)22-12-6-11-18(22)14-7-2-1-3-8-14/h4-5,9-10,13-14,18H,1-3,6-8,11-12H2,(H,21,23)/t18-/m1/s1. The molecule has 4 nitrogen and oxygen atoms in total. The van der Waals surface area contributed by atoms with Gasteiger partial charge in [0.2, 0.25) is 5.43 Å². The first-order valence-electron chi connectivity index (χ1n) is 9.17. The fourth-order valence-electron chi connectivity index (χ4n) is 4.53. The van der Waals surface area contributed by atoms with E-state index in [4.69, 9.17) is 0 Å². The number of hydrogen-bond acceptors (Lipinski definition) is 2. The van der Waals surface area contributed by atoms with E-state index in [0.717, 1.165) is 24.9 Å². The lowest BCUT2D eigenvalue weighted by Crippen LogP contribution is -2.42. The molecule has 24 heavy (non-hydrogen) atoms. The molecule has 0 spiro atoms. The summed E-state index contributed by atoms with van der Waals surface area (Å²) in [6, 6.07) is 7.70. The number of carbonyl (C=O) groups is 1. The van der Waals surface area contributed by atoms with E-state index >= 15 is 0 Å². The highest BCUT2D eigenvalue weighted by atomic mass is 16.2. The fourth-order valence-corrected chi connectivity index (χ4v) is 4.53. The largest absolute Gasteiger partial charge is 0.360 e. The molecular formula is C20H24N2O2. The van der Waals surface area contributed by atoms with Crippen molar-refractivity contribution in [3.63, 3.8) is 0 Å². The van der Waals surface area contributed by atoms with Crippen molar-refractivity contribution >= 4 is 16.8 Å². The monoisotopic (exact) mass is 324 g/mol. The number of nitrogens with one attached hydrogen (secondary N) is 1. The van der Waals surface area contributed by atoms with E-state index in [1.165, 1.54) is 32.1 Å². The third kappa shape index (κ3) is 2.64. The molecule has 1 N–H and O–H groups in total. The summed E-state index contributed by atoms with van der Waals surface area (Å²) in [7, 11) is 0. The third-order valence-corrected chi connectivity index (χ3v) is 5.77. The predicted octanol–water partition coefficient (Wildman–Crippen LogP) is 3.71. The lowest BCUT2D eigenvalue weighted by molar-refractivity contribution is 0.0660. The van der Waals surface area contributed by atoms with Crippen LogP contribution in [0.5, 0.6) is 0 Å². The minimum atomic E-state index is -0.149. The molecule has 2 fully saturated rings. The lowest BCUT2D eigenvalue weighted by Gasteiger charge is -2.34. The van der Waals surface area contributed by atoms with Crippen LogP contribution in [0.1, 0.15) is 55.3 Å². The number of pyridine rings is 1. The number of para-hydroxylation sites is 1. The van der Waals surface area contributed by atoms with Gasteiger partial charge >= 0.3 is 0 Å². The van der Waals surface area contributed by atoms with Crippen LogP contribution in [0.2, 0.25) is 0 Å². The predicted molar refractivity (Wildman–Crippen MR) is 95.2 cm³/mol. The molecule has 1 saturated carbocycles. The molecule has 126 valence electrons. The van der Waals surface area contributed by atoms with Gasteiger partial charge in [0.15, 0.2) is 0 Å². The van der Waals surface area contributed by atoms with Crippen molar-refractivity contribution in [1.29, 1.82) is 0 Å². The molecule has 1 amide bonds. The van der Waals surface area contributed by atoms with Gasteiger partial charge in [0.25, 0.3) is 5.91 Å². The molecule has 4 heteroatoms. The normalized spacial score (nSPS) is 22.2. The third-order valence-electron chi connectivity index (χ3n) is 5.77. The molecule has 1 aliphatic heterocycles. The highest BCUT2D eigenvalue weighted by Crippen LogP contribution is 2.34. The molecule has 1 aliphatic carbocycles. The highest BCUT2D eigenvalue weighted by molar-refractivity contribution is 5.97.